The SMILES string of the molecule is CCN(C(=O)[C@@H](C)SCc1nc2sc(C)c(C)c2c(=O)[nH]1)c1ccccc1. The molecule has 5 nitrogen and oxygen atoms in total. The van der Waals surface area contributed by atoms with E-state index in [1.165, 1.54) is 23.1 Å². The second kappa shape index (κ2) is 8.27. The first kappa shape index (κ1) is 19.6. The summed E-state index contributed by atoms with van der Waals surface area (Å²) in [6.07, 6.45) is 0. The fourth-order valence-corrected chi connectivity index (χ4v) is 4.80. The van der Waals surface area contributed by atoms with Crippen molar-refractivity contribution in [2.45, 2.75) is 38.7 Å². The Hall–Kier alpha value is -2.12. The third kappa shape index (κ3) is 4.09. The zero-order chi connectivity index (χ0) is 19.6. The zero-order valence-corrected chi connectivity index (χ0v) is 17.5. The summed E-state index contributed by atoms with van der Waals surface area (Å²) in [5.41, 5.74) is 1.79. The Kier molecular flexibility index (Phi) is 6.01. The van der Waals surface area contributed by atoms with Crippen molar-refractivity contribution in [2.75, 3.05) is 11.4 Å². The van der Waals surface area contributed by atoms with Gasteiger partial charge in [0.1, 0.15) is 10.7 Å². The average Bonchev–Trinajstić information content (AvgIpc) is 2.95. The molecule has 0 fully saturated rings. The molecule has 1 aromatic carbocycles. The lowest BCUT2D eigenvalue weighted by Gasteiger charge is -2.24. The van der Waals surface area contributed by atoms with Crippen LogP contribution < -0.4 is 10.5 Å². The van der Waals surface area contributed by atoms with Gasteiger partial charge in [0.25, 0.3) is 5.56 Å². The van der Waals surface area contributed by atoms with Crippen LogP contribution in [0.5, 0.6) is 0 Å². The van der Waals surface area contributed by atoms with Crippen LogP contribution in [0.3, 0.4) is 0 Å². The lowest BCUT2D eigenvalue weighted by atomic mass is 10.2. The quantitative estimate of drug-likeness (QED) is 0.670. The molecule has 2 heterocycles. The molecule has 0 aliphatic carbocycles. The molecular formula is C20H23N3O2S2. The van der Waals surface area contributed by atoms with E-state index in [9.17, 15) is 9.59 Å². The normalized spacial score (nSPS) is 12.3. The molecule has 0 aliphatic rings. The van der Waals surface area contributed by atoms with E-state index >= 15 is 0 Å². The van der Waals surface area contributed by atoms with Gasteiger partial charge in [0.2, 0.25) is 5.91 Å². The van der Waals surface area contributed by atoms with Crippen molar-refractivity contribution in [1.29, 1.82) is 0 Å². The number of carbonyl (C=O) groups excluding carboxylic acids is 1. The van der Waals surface area contributed by atoms with Crippen LogP contribution >= 0.6 is 23.1 Å². The largest absolute Gasteiger partial charge is 0.312 e. The highest BCUT2D eigenvalue weighted by molar-refractivity contribution is 7.99. The molecule has 2 aromatic heterocycles. The summed E-state index contributed by atoms with van der Waals surface area (Å²) in [6, 6.07) is 9.67. The minimum absolute atomic E-state index is 0.0555. The van der Waals surface area contributed by atoms with Gasteiger partial charge in [0.15, 0.2) is 0 Å². The van der Waals surface area contributed by atoms with Crippen molar-refractivity contribution >= 4 is 44.9 Å². The van der Waals surface area contributed by atoms with Gasteiger partial charge in [0, 0.05) is 17.1 Å². The number of benzene rings is 1. The fourth-order valence-electron chi connectivity index (χ4n) is 2.94. The van der Waals surface area contributed by atoms with Crippen molar-refractivity contribution in [3.05, 3.63) is 57.0 Å². The van der Waals surface area contributed by atoms with E-state index in [0.717, 1.165) is 21.0 Å². The third-order valence-electron chi connectivity index (χ3n) is 4.56. The minimum atomic E-state index is -0.238. The van der Waals surface area contributed by atoms with Gasteiger partial charge in [-0.3, -0.25) is 9.59 Å². The van der Waals surface area contributed by atoms with Crippen LogP contribution in [0.25, 0.3) is 10.2 Å². The number of thiophene rings is 1. The van der Waals surface area contributed by atoms with Crippen molar-refractivity contribution in [3.8, 4) is 0 Å². The van der Waals surface area contributed by atoms with E-state index in [0.29, 0.717) is 23.5 Å². The molecule has 7 heteroatoms. The maximum atomic E-state index is 12.8. The van der Waals surface area contributed by atoms with Crippen molar-refractivity contribution in [1.82, 2.24) is 9.97 Å². The lowest BCUT2D eigenvalue weighted by Crippen LogP contribution is -2.36. The Morgan fingerprint density at radius 1 is 1.30 bits per heavy atom. The second-order valence-corrected chi connectivity index (χ2v) is 8.88. The predicted molar refractivity (Wildman–Crippen MR) is 115 cm³/mol. The summed E-state index contributed by atoms with van der Waals surface area (Å²) < 4.78 is 0. The summed E-state index contributed by atoms with van der Waals surface area (Å²) in [5.74, 6) is 1.15. The second-order valence-electron chi connectivity index (χ2n) is 6.35. The predicted octanol–water partition coefficient (Wildman–Crippen LogP) is 4.28. The minimum Gasteiger partial charge on any atom is -0.312 e. The number of hydrogen-bond donors (Lipinski definition) is 1. The van der Waals surface area contributed by atoms with Gasteiger partial charge >= 0.3 is 0 Å². The summed E-state index contributed by atoms with van der Waals surface area (Å²) in [5, 5.41) is 0.439. The molecule has 0 saturated carbocycles. The Labute approximate surface area is 166 Å². The Morgan fingerprint density at radius 2 is 2.00 bits per heavy atom. The van der Waals surface area contributed by atoms with Crippen LogP contribution in [0, 0.1) is 13.8 Å². The molecule has 0 saturated heterocycles. The van der Waals surface area contributed by atoms with Gasteiger partial charge in [-0.15, -0.1) is 23.1 Å². The number of nitrogens with one attached hydrogen (secondary N) is 1. The molecule has 0 unspecified atom stereocenters. The first-order valence-corrected chi connectivity index (χ1v) is 10.8. The molecule has 0 spiro atoms. The van der Waals surface area contributed by atoms with Crippen LogP contribution in [-0.2, 0) is 10.5 Å². The highest BCUT2D eigenvalue weighted by Gasteiger charge is 2.21. The summed E-state index contributed by atoms with van der Waals surface area (Å²) in [4.78, 5) is 36.3. The number of aryl methyl sites for hydroxylation is 2. The van der Waals surface area contributed by atoms with Crippen LogP contribution in [0.1, 0.15) is 30.1 Å². The number of amides is 1. The van der Waals surface area contributed by atoms with Gasteiger partial charge in [-0.05, 0) is 45.4 Å². The van der Waals surface area contributed by atoms with Gasteiger partial charge in [0.05, 0.1) is 16.4 Å². The average molecular weight is 402 g/mol. The number of hydrogen-bond acceptors (Lipinski definition) is 5. The lowest BCUT2D eigenvalue weighted by molar-refractivity contribution is -0.117. The van der Waals surface area contributed by atoms with Gasteiger partial charge < -0.3 is 9.88 Å². The molecule has 1 N–H and O–H groups in total. The monoisotopic (exact) mass is 401 g/mol. The molecule has 0 radical (unpaired) electrons. The number of aromatic amines is 1. The number of carbonyl (C=O) groups is 1. The maximum absolute atomic E-state index is 12.8. The van der Waals surface area contributed by atoms with Crippen LogP contribution in [0.15, 0.2) is 35.1 Å². The molecule has 3 aromatic rings. The topological polar surface area (TPSA) is 66.1 Å². The van der Waals surface area contributed by atoms with E-state index in [4.69, 9.17) is 0 Å². The van der Waals surface area contributed by atoms with E-state index < -0.39 is 0 Å². The van der Waals surface area contributed by atoms with Gasteiger partial charge in [-0.1, -0.05) is 18.2 Å². The molecule has 0 aliphatic heterocycles. The summed E-state index contributed by atoms with van der Waals surface area (Å²) in [6.45, 7) is 8.43. The molecule has 1 amide bonds. The van der Waals surface area contributed by atoms with Crippen LogP contribution in [0.4, 0.5) is 5.69 Å². The fraction of sp³-hybridized carbons (Fsp3) is 0.350. The summed E-state index contributed by atoms with van der Waals surface area (Å²) in [7, 11) is 0. The Balaban J connectivity index is 1.73. The molecule has 27 heavy (non-hydrogen) atoms. The Bertz CT molecular complexity index is 1010. The van der Waals surface area contributed by atoms with Crippen molar-refractivity contribution < 1.29 is 4.79 Å². The molecule has 3 rings (SSSR count). The number of nitrogens with zero attached hydrogens (tertiary/aromatic N) is 2. The molecule has 0 bridgehead atoms. The standard InChI is InChI=1S/C20H23N3O2S2/c1-5-23(15-9-7-6-8-10-15)20(25)14(4)26-11-16-21-18(24)17-12(2)13(3)27-19(17)22-16/h6-10,14H,5,11H2,1-4H3,(H,21,22,24)/t14-/m1/s1. The van der Waals surface area contributed by atoms with Crippen LogP contribution in [-0.4, -0.2) is 27.7 Å². The Morgan fingerprint density at radius 3 is 2.67 bits per heavy atom. The van der Waals surface area contributed by atoms with E-state index in [2.05, 4.69) is 9.97 Å². The first-order valence-electron chi connectivity index (χ1n) is 8.89. The van der Waals surface area contributed by atoms with Crippen molar-refractivity contribution in [2.24, 2.45) is 0 Å². The molecule has 1 atom stereocenters. The number of thioether (sulfide) groups is 1. The number of rotatable bonds is 6. The highest BCUT2D eigenvalue weighted by atomic mass is 32.2. The van der Waals surface area contributed by atoms with Crippen LogP contribution in [0.2, 0.25) is 0 Å². The number of H-pyrrole nitrogens is 1. The third-order valence-corrected chi connectivity index (χ3v) is 6.80. The van der Waals surface area contributed by atoms with E-state index in [1.807, 2.05) is 58.0 Å². The first-order chi connectivity index (χ1) is 12.9. The number of anilines is 1. The van der Waals surface area contributed by atoms with E-state index in [-0.39, 0.29) is 16.7 Å². The van der Waals surface area contributed by atoms with E-state index in [1.54, 1.807) is 4.90 Å². The smallest absolute Gasteiger partial charge is 0.259 e. The number of fused-ring (bicyclic) bond motifs is 1. The number of aromatic nitrogens is 2. The van der Waals surface area contributed by atoms with Gasteiger partial charge in [-0.2, -0.15) is 0 Å². The van der Waals surface area contributed by atoms with Gasteiger partial charge in [-0.25, -0.2) is 4.98 Å². The number of para-hydroxylation sites is 1. The van der Waals surface area contributed by atoms with Crippen molar-refractivity contribution in [3.63, 3.8) is 0 Å². The maximum Gasteiger partial charge on any atom is 0.259 e. The summed E-state index contributed by atoms with van der Waals surface area (Å²) >= 11 is 3.02. The highest BCUT2D eigenvalue weighted by Crippen LogP contribution is 2.27. The molecular weight excluding hydrogens is 378 g/mol. The molecule has 142 valence electrons. The zero-order valence-electron chi connectivity index (χ0n) is 15.9.